The van der Waals surface area contributed by atoms with E-state index in [1.165, 1.54) is 69.9 Å². The van der Waals surface area contributed by atoms with E-state index in [4.69, 9.17) is 4.99 Å². The largest absolute Gasteiger partial charge is 0.298 e. The number of hydrogen-bond donors (Lipinski definition) is 0. The molecule has 0 amide bonds. The third-order valence-electron chi connectivity index (χ3n) is 9.64. The quantitative estimate of drug-likeness (QED) is 0.562. The molecule has 0 saturated heterocycles. The summed E-state index contributed by atoms with van der Waals surface area (Å²) in [6, 6.07) is 0. The molecule has 4 aliphatic carbocycles. The van der Waals surface area contributed by atoms with E-state index in [0.717, 1.165) is 23.7 Å². The highest BCUT2D eigenvalue weighted by molar-refractivity contribution is 5.88. The van der Waals surface area contributed by atoms with Crippen LogP contribution >= 0.6 is 0 Å². The molecule has 7 unspecified atom stereocenters. The molecule has 0 aliphatic heterocycles. The van der Waals surface area contributed by atoms with E-state index >= 15 is 0 Å². The van der Waals surface area contributed by atoms with Gasteiger partial charge in [-0.15, -0.1) is 0 Å². The van der Waals surface area contributed by atoms with Gasteiger partial charge in [-0.2, -0.15) is 0 Å². The predicted molar refractivity (Wildman–Crippen MR) is 108 cm³/mol. The molecule has 4 saturated carbocycles. The van der Waals surface area contributed by atoms with E-state index in [2.05, 4.69) is 20.8 Å². The smallest absolute Gasteiger partial charge is 0.151 e. The molecule has 2 heteroatoms. The van der Waals surface area contributed by atoms with Crippen molar-refractivity contribution in [2.75, 3.05) is 6.54 Å². The van der Waals surface area contributed by atoms with E-state index in [1.54, 1.807) is 6.92 Å². The zero-order chi connectivity index (χ0) is 18.5. The number of rotatable bonds is 3. The van der Waals surface area contributed by atoms with Crippen LogP contribution in [0.3, 0.4) is 0 Å². The third kappa shape index (κ3) is 2.81. The lowest BCUT2D eigenvalue weighted by Gasteiger charge is -2.60. The van der Waals surface area contributed by atoms with E-state index in [1.807, 2.05) is 0 Å². The van der Waals surface area contributed by atoms with Crippen LogP contribution in [0.1, 0.15) is 91.9 Å². The SMILES string of the molecule is CC(=O)C/N=C(\C)C1CCC2C3CCC4CCCCC4(C)C3CCC12C. The Labute approximate surface area is 160 Å². The monoisotopic (exact) mass is 357 g/mol. The Morgan fingerprint density at radius 2 is 1.65 bits per heavy atom. The first-order chi connectivity index (χ1) is 12.4. The van der Waals surface area contributed by atoms with Crippen molar-refractivity contribution in [2.24, 2.45) is 45.4 Å². The maximum atomic E-state index is 11.4. The zero-order valence-corrected chi connectivity index (χ0v) is 17.5. The predicted octanol–water partition coefficient (Wildman–Crippen LogP) is 6.09. The number of fused-ring (bicyclic) bond motifs is 5. The van der Waals surface area contributed by atoms with E-state index < -0.39 is 0 Å². The van der Waals surface area contributed by atoms with Gasteiger partial charge >= 0.3 is 0 Å². The molecule has 0 spiro atoms. The summed E-state index contributed by atoms with van der Waals surface area (Å²) >= 11 is 0. The fraction of sp³-hybridized carbons (Fsp3) is 0.917. The first-order valence-electron chi connectivity index (χ1n) is 11.4. The number of nitrogens with zero attached hydrogens (tertiary/aromatic N) is 1. The van der Waals surface area contributed by atoms with Gasteiger partial charge in [0.2, 0.25) is 0 Å². The minimum absolute atomic E-state index is 0.191. The number of hydrogen-bond acceptors (Lipinski definition) is 2. The van der Waals surface area contributed by atoms with Crippen LogP contribution < -0.4 is 0 Å². The molecule has 4 fully saturated rings. The fourth-order valence-electron chi connectivity index (χ4n) is 8.33. The summed E-state index contributed by atoms with van der Waals surface area (Å²) in [5, 5.41) is 0. The Bertz CT molecular complexity index is 595. The van der Waals surface area contributed by atoms with Crippen molar-refractivity contribution in [3.05, 3.63) is 0 Å². The minimum atomic E-state index is 0.191. The van der Waals surface area contributed by atoms with Crippen LogP contribution in [0.5, 0.6) is 0 Å². The number of aliphatic imine (C=N–C) groups is 1. The standard InChI is InChI=1S/C24H39NO/c1-16(26)15-25-17(2)20-10-11-21-19-9-8-18-7-5-6-13-23(18,3)22(19)12-14-24(20,21)4/h18-22H,5-15H2,1-4H3/b25-17+. The van der Waals surface area contributed by atoms with Crippen molar-refractivity contribution in [2.45, 2.75) is 91.9 Å². The molecule has 0 heterocycles. The van der Waals surface area contributed by atoms with Gasteiger partial charge in [0.15, 0.2) is 5.78 Å². The van der Waals surface area contributed by atoms with Crippen LogP contribution in [-0.2, 0) is 4.79 Å². The molecule has 0 aromatic carbocycles. The van der Waals surface area contributed by atoms with E-state index in [9.17, 15) is 4.79 Å². The number of carbonyl (C=O) groups excluding carboxylic acids is 1. The van der Waals surface area contributed by atoms with Gasteiger partial charge in [0, 0.05) is 11.6 Å². The average Bonchev–Trinajstić information content (AvgIpc) is 2.96. The Morgan fingerprint density at radius 3 is 2.42 bits per heavy atom. The number of Topliss-reactive ketones (excluding diaryl/α,β-unsaturated/α-hetero) is 1. The van der Waals surface area contributed by atoms with Crippen LogP contribution in [-0.4, -0.2) is 18.0 Å². The van der Waals surface area contributed by atoms with Gasteiger partial charge in [0.1, 0.15) is 0 Å². The van der Waals surface area contributed by atoms with Gasteiger partial charge in [-0.25, -0.2) is 0 Å². The number of ketones is 1. The second-order valence-corrected chi connectivity index (χ2v) is 10.7. The lowest BCUT2D eigenvalue weighted by atomic mass is 9.45. The van der Waals surface area contributed by atoms with Gasteiger partial charge in [-0.05, 0) is 99.7 Å². The lowest BCUT2D eigenvalue weighted by molar-refractivity contribution is -0.115. The Balaban J connectivity index is 1.56. The van der Waals surface area contributed by atoms with Gasteiger partial charge in [-0.1, -0.05) is 26.7 Å². The highest BCUT2D eigenvalue weighted by Gasteiger charge is 2.59. The van der Waals surface area contributed by atoms with Crippen LogP contribution in [0, 0.1) is 40.4 Å². The topological polar surface area (TPSA) is 29.4 Å². The van der Waals surface area contributed by atoms with Gasteiger partial charge < -0.3 is 0 Å². The summed E-state index contributed by atoms with van der Waals surface area (Å²) < 4.78 is 0. The summed E-state index contributed by atoms with van der Waals surface area (Å²) in [7, 11) is 0. The Kier molecular flexibility index (Phi) is 4.85. The minimum Gasteiger partial charge on any atom is -0.298 e. The maximum absolute atomic E-state index is 11.4. The van der Waals surface area contributed by atoms with Crippen LogP contribution in [0.2, 0.25) is 0 Å². The highest BCUT2D eigenvalue weighted by Crippen LogP contribution is 2.67. The second kappa shape index (κ2) is 6.74. The molecule has 26 heavy (non-hydrogen) atoms. The molecule has 4 rings (SSSR count). The Hall–Kier alpha value is -0.660. The summed E-state index contributed by atoms with van der Waals surface area (Å²) in [5.41, 5.74) is 2.34. The van der Waals surface area contributed by atoms with E-state index in [0.29, 0.717) is 23.3 Å². The molecule has 0 N–H and O–H groups in total. The molecule has 0 aromatic heterocycles. The first kappa shape index (κ1) is 18.7. The molecule has 0 radical (unpaired) electrons. The third-order valence-corrected chi connectivity index (χ3v) is 9.64. The molecule has 4 aliphatic rings. The second-order valence-electron chi connectivity index (χ2n) is 10.7. The molecule has 146 valence electrons. The highest BCUT2D eigenvalue weighted by atomic mass is 16.1. The van der Waals surface area contributed by atoms with Crippen molar-refractivity contribution in [3.63, 3.8) is 0 Å². The van der Waals surface area contributed by atoms with Gasteiger partial charge in [0.05, 0.1) is 6.54 Å². The first-order valence-corrected chi connectivity index (χ1v) is 11.4. The van der Waals surface area contributed by atoms with Crippen molar-refractivity contribution >= 4 is 11.5 Å². The van der Waals surface area contributed by atoms with Crippen molar-refractivity contribution in [1.29, 1.82) is 0 Å². The van der Waals surface area contributed by atoms with Gasteiger partial charge in [0.25, 0.3) is 0 Å². The molecule has 7 atom stereocenters. The molecule has 0 bridgehead atoms. The molecular weight excluding hydrogens is 318 g/mol. The fourth-order valence-corrected chi connectivity index (χ4v) is 8.33. The van der Waals surface area contributed by atoms with E-state index in [-0.39, 0.29) is 5.78 Å². The summed E-state index contributed by atoms with van der Waals surface area (Å²) in [6.07, 6.45) is 14.5. The Morgan fingerprint density at radius 1 is 0.885 bits per heavy atom. The molecular formula is C24H39NO. The van der Waals surface area contributed by atoms with Gasteiger partial charge in [-0.3, -0.25) is 9.79 Å². The zero-order valence-electron chi connectivity index (χ0n) is 17.5. The van der Waals surface area contributed by atoms with Crippen LogP contribution in [0.4, 0.5) is 0 Å². The molecule has 0 aromatic rings. The number of carbonyl (C=O) groups is 1. The lowest BCUT2D eigenvalue weighted by Crippen LogP contribution is -2.53. The van der Waals surface area contributed by atoms with Crippen molar-refractivity contribution < 1.29 is 4.79 Å². The van der Waals surface area contributed by atoms with Crippen molar-refractivity contribution in [3.8, 4) is 0 Å². The van der Waals surface area contributed by atoms with Crippen LogP contribution in [0.25, 0.3) is 0 Å². The van der Waals surface area contributed by atoms with Crippen LogP contribution in [0.15, 0.2) is 4.99 Å². The summed E-state index contributed by atoms with van der Waals surface area (Å²) in [5.74, 6) is 4.65. The normalized spacial score (nSPS) is 48.5. The average molecular weight is 358 g/mol. The molecule has 2 nitrogen and oxygen atoms in total. The summed E-state index contributed by atoms with van der Waals surface area (Å²) in [4.78, 5) is 16.1. The summed E-state index contributed by atoms with van der Waals surface area (Å²) in [6.45, 7) is 9.49. The van der Waals surface area contributed by atoms with Crippen molar-refractivity contribution in [1.82, 2.24) is 0 Å². The maximum Gasteiger partial charge on any atom is 0.151 e.